The molecule has 6 nitrogen and oxygen atoms in total. The van der Waals surface area contributed by atoms with E-state index in [9.17, 15) is 15.0 Å². The van der Waals surface area contributed by atoms with Gasteiger partial charge in [-0.15, -0.1) is 0 Å². The fourth-order valence-corrected chi connectivity index (χ4v) is 2.62. The largest absolute Gasteiger partial charge is 0.463 e. The van der Waals surface area contributed by atoms with Crippen molar-refractivity contribution in [1.82, 2.24) is 0 Å². The number of unbranched alkanes of at least 4 members (excludes halogenated alkanes) is 3. The van der Waals surface area contributed by atoms with Crippen molar-refractivity contribution in [2.75, 3.05) is 6.61 Å². The molecule has 0 aliphatic carbocycles. The van der Waals surface area contributed by atoms with Gasteiger partial charge in [0.2, 0.25) is 0 Å². The molecule has 0 saturated carbocycles. The summed E-state index contributed by atoms with van der Waals surface area (Å²) in [6.07, 6.45) is 6.50. The molecule has 6 heteroatoms. The first-order valence-electron chi connectivity index (χ1n) is 9.44. The topological polar surface area (TPSA) is 85.2 Å². The zero-order chi connectivity index (χ0) is 18.7. The number of aliphatic hydroxyl groups excluding tert-OH is 2. The number of esters is 1. The predicted octanol–water partition coefficient (Wildman–Crippen LogP) is 2.71. The van der Waals surface area contributed by atoms with Gasteiger partial charge < -0.3 is 24.4 Å². The number of allylic oxidation sites excluding steroid dienone is 1. The van der Waals surface area contributed by atoms with Crippen molar-refractivity contribution in [2.45, 2.75) is 96.4 Å². The van der Waals surface area contributed by atoms with Crippen LogP contribution in [-0.2, 0) is 19.0 Å². The summed E-state index contributed by atoms with van der Waals surface area (Å²) in [4.78, 5) is 11.5. The molecule has 0 bridgehead atoms. The predicted molar refractivity (Wildman–Crippen MR) is 95.0 cm³/mol. The van der Waals surface area contributed by atoms with Gasteiger partial charge in [0.25, 0.3) is 0 Å². The summed E-state index contributed by atoms with van der Waals surface area (Å²) in [5.74, 6) is -0.307. The highest BCUT2D eigenvalue weighted by Crippen LogP contribution is 2.22. The van der Waals surface area contributed by atoms with E-state index in [-0.39, 0.29) is 24.6 Å². The van der Waals surface area contributed by atoms with Gasteiger partial charge in [-0.1, -0.05) is 32.3 Å². The standard InChI is InChI=1S/C19H34O6/c1-4-5-6-9-12-23-18(22)11-8-7-10-14(2)24-19-17(21)13-16(20)15(3)25-19/h8,11,14-17,19-21H,4-7,9-10,12-13H2,1-3H3/b11-8+/t14-,15+,16?,17-,19-/m1/s1. The first-order chi connectivity index (χ1) is 11.9. The molecule has 5 atom stereocenters. The summed E-state index contributed by atoms with van der Waals surface area (Å²) in [5, 5.41) is 19.5. The Morgan fingerprint density at radius 1 is 1.28 bits per heavy atom. The van der Waals surface area contributed by atoms with Crippen LogP contribution < -0.4 is 0 Å². The maximum atomic E-state index is 11.5. The minimum absolute atomic E-state index is 0.128. The lowest BCUT2D eigenvalue weighted by Gasteiger charge is -2.36. The maximum Gasteiger partial charge on any atom is 0.330 e. The monoisotopic (exact) mass is 358 g/mol. The molecule has 1 fully saturated rings. The van der Waals surface area contributed by atoms with Crippen LogP contribution in [0.5, 0.6) is 0 Å². The Balaban J connectivity index is 2.15. The molecule has 146 valence electrons. The average Bonchev–Trinajstić information content (AvgIpc) is 2.56. The van der Waals surface area contributed by atoms with Gasteiger partial charge in [0.1, 0.15) is 6.10 Å². The smallest absolute Gasteiger partial charge is 0.330 e. The van der Waals surface area contributed by atoms with Gasteiger partial charge in [0.05, 0.1) is 24.9 Å². The first-order valence-corrected chi connectivity index (χ1v) is 9.44. The zero-order valence-electron chi connectivity index (χ0n) is 15.7. The highest BCUT2D eigenvalue weighted by molar-refractivity contribution is 5.81. The van der Waals surface area contributed by atoms with E-state index in [0.29, 0.717) is 19.4 Å². The Hall–Kier alpha value is -0.950. The Bertz CT molecular complexity index is 397. The van der Waals surface area contributed by atoms with Gasteiger partial charge >= 0.3 is 5.97 Å². The van der Waals surface area contributed by atoms with Gasteiger partial charge in [-0.25, -0.2) is 4.79 Å². The van der Waals surface area contributed by atoms with Gasteiger partial charge in [0.15, 0.2) is 6.29 Å². The third kappa shape index (κ3) is 9.35. The number of hydrogen-bond donors (Lipinski definition) is 2. The molecule has 1 aliphatic rings. The third-order valence-electron chi connectivity index (χ3n) is 4.29. The molecule has 0 aromatic carbocycles. The number of hydrogen-bond acceptors (Lipinski definition) is 6. The van der Waals surface area contributed by atoms with Crippen LogP contribution in [0.1, 0.15) is 65.7 Å². The third-order valence-corrected chi connectivity index (χ3v) is 4.29. The Labute approximate surface area is 151 Å². The number of ether oxygens (including phenoxy) is 3. The summed E-state index contributed by atoms with van der Waals surface area (Å²) >= 11 is 0. The summed E-state index contributed by atoms with van der Waals surface area (Å²) < 4.78 is 16.3. The zero-order valence-corrected chi connectivity index (χ0v) is 15.7. The summed E-state index contributed by atoms with van der Waals surface area (Å²) in [6, 6.07) is 0. The number of carbonyl (C=O) groups excluding carboxylic acids is 1. The van der Waals surface area contributed by atoms with E-state index in [0.717, 1.165) is 19.3 Å². The van der Waals surface area contributed by atoms with Crippen molar-refractivity contribution in [3.05, 3.63) is 12.2 Å². The van der Waals surface area contributed by atoms with E-state index in [4.69, 9.17) is 14.2 Å². The van der Waals surface area contributed by atoms with Crippen molar-refractivity contribution < 1.29 is 29.2 Å². The van der Waals surface area contributed by atoms with Crippen molar-refractivity contribution in [2.24, 2.45) is 0 Å². The highest BCUT2D eigenvalue weighted by atomic mass is 16.7. The van der Waals surface area contributed by atoms with Crippen molar-refractivity contribution in [1.29, 1.82) is 0 Å². The Kier molecular flexibility index (Phi) is 11.0. The van der Waals surface area contributed by atoms with Crippen LogP contribution in [0.4, 0.5) is 0 Å². The molecule has 0 spiro atoms. The molecule has 1 unspecified atom stereocenters. The van der Waals surface area contributed by atoms with Gasteiger partial charge in [-0.05, 0) is 33.1 Å². The molecule has 0 aromatic rings. The maximum absolute atomic E-state index is 11.5. The van der Waals surface area contributed by atoms with Crippen LogP contribution in [0.2, 0.25) is 0 Å². The Morgan fingerprint density at radius 2 is 2.04 bits per heavy atom. The van der Waals surface area contributed by atoms with E-state index in [1.54, 1.807) is 13.0 Å². The normalized spacial score (nSPS) is 28.2. The Morgan fingerprint density at radius 3 is 2.76 bits per heavy atom. The molecule has 1 saturated heterocycles. The van der Waals surface area contributed by atoms with E-state index in [2.05, 4.69) is 6.92 Å². The van der Waals surface area contributed by atoms with Gasteiger partial charge in [0, 0.05) is 12.5 Å². The molecule has 0 amide bonds. The number of carbonyl (C=O) groups is 1. The molecule has 2 N–H and O–H groups in total. The lowest BCUT2D eigenvalue weighted by atomic mass is 10.0. The van der Waals surface area contributed by atoms with Crippen LogP contribution in [0, 0.1) is 0 Å². The molecular weight excluding hydrogens is 324 g/mol. The van der Waals surface area contributed by atoms with Crippen LogP contribution >= 0.6 is 0 Å². The van der Waals surface area contributed by atoms with Crippen LogP contribution in [-0.4, -0.2) is 53.5 Å². The molecule has 0 aromatic heterocycles. The van der Waals surface area contributed by atoms with Crippen LogP contribution in [0.25, 0.3) is 0 Å². The molecule has 0 radical (unpaired) electrons. The summed E-state index contributed by atoms with van der Waals surface area (Å²) in [7, 11) is 0. The summed E-state index contributed by atoms with van der Waals surface area (Å²) in [5.41, 5.74) is 0. The molecular formula is C19H34O6. The van der Waals surface area contributed by atoms with E-state index >= 15 is 0 Å². The first kappa shape index (κ1) is 22.1. The van der Waals surface area contributed by atoms with E-state index in [1.165, 1.54) is 12.5 Å². The second-order valence-corrected chi connectivity index (χ2v) is 6.73. The second kappa shape index (κ2) is 12.4. The van der Waals surface area contributed by atoms with Crippen molar-refractivity contribution >= 4 is 5.97 Å². The molecule has 1 heterocycles. The van der Waals surface area contributed by atoms with Crippen molar-refractivity contribution in [3.63, 3.8) is 0 Å². The fraction of sp³-hybridized carbons (Fsp3) is 0.842. The van der Waals surface area contributed by atoms with Crippen molar-refractivity contribution in [3.8, 4) is 0 Å². The van der Waals surface area contributed by atoms with E-state index in [1.807, 2.05) is 6.92 Å². The number of aliphatic hydroxyl groups is 2. The highest BCUT2D eigenvalue weighted by Gasteiger charge is 2.35. The lowest BCUT2D eigenvalue weighted by molar-refractivity contribution is -0.273. The van der Waals surface area contributed by atoms with Crippen LogP contribution in [0.3, 0.4) is 0 Å². The number of rotatable bonds is 11. The SMILES string of the molecule is CCCCCCOC(=O)/C=C/CC[C@@H](C)O[C@@H]1O[C@@H](C)C(O)C[C@H]1O. The fourth-order valence-electron chi connectivity index (χ4n) is 2.62. The van der Waals surface area contributed by atoms with Gasteiger partial charge in [-0.2, -0.15) is 0 Å². The minimum atomic E-state index is -0.827. The molecule has 1 aliphatic heterocycles. The average molecular weight is 358 g/mol. The second-order valence-electron chi connectivity index (χ2n) is 6.73. The van der Waals surface area contributed by atoms with E-state index < -0.39 is 18.5 Å². The quantitative estimate of drug-likeness (QED) is 0.336. The molecule has 25 heavy (non-hydrogen) atoms. The van der Waals surface area contributed by atoms with Crippen LogP contribution in [0.15, 0.2) is 12.2 Å². The molecule has 1 rings (SSSR count). The summed E-state index contributed by atoms with van der Waals surface area (Å²) in [6.45, 7) is 6.27. The van der Waals surface area contributed by atoms with Gasteiger partial charge in [-0.3, -0.25) is 0 Å². The lowest BCUT2D eigenvalue weighted by Crippen LogP contribution is -2.48. The minimum Gasteiger partial charge on any atom is -0.463 e.